The van der Waals surface area contributed by atoms with E-state index < -0.39 is 0 Å². The van der Waals surface area contributed by atoms with Crippen molar-refractivity contribution in [1.82, 2.24) is 5.32 Å². The predicted octanol–water partition coefficient (Wildman–Crippen LogP) is 3.71. The van der Waals surface area contributed by atoms with Gasteiger partial charge in [0.1, 0.15) is 0 Å². The largest absolute Gasteiger partial charge is 0.312 e. The fourth-order valence-electron chi connectivity index (χ4n) is 3.10. The van der Waals surface area contributed by atoms with Crippen LogP contribution in [0.25, 0.3) is 0 Å². The number of nitrogens with one attached hydrogen (secondary N) is 1. The number of carbonyl (C=O) groups excluding carboxylic acids is 1. The molecule has 0 aliphatic carbocycles. The molecule has 2 aromatic rings. The number of aryl methyl sites for hydroxylation is 1. The molecular weight excluding hydrogens is 258 g/mol. The number of ketones is 1. The minimum Gasteiger partial charge on any atom is -0.312 e. The SMILES string of the molecule is CCCc1cccc(C(=O)C2CNCc3ccccc32)c1. The van der Waals surface area contributed by atoms with Gasteiger partial charge in [-0.05, 0) is 29.2 Å². The second-order valence-electron chi connectivity index (χ2n) is 5.70. The predicted molar refractivity (Wildman–Crippen MR) is 85.7 cm³/mol. The monoisotopic (exact) mass is 279 g/mol. The average Bonchev–Trinajstić information content (AvgIpc) is 2.54. The molecule has 1 unspecified atom stereocenters. The first-order valence-corrected chi connectivity index (χ1v) is 7.71. The van der Waals surface area contributed by atoms with E-state index in [-0.39, 0.29) is 11.7 Å². The van der Waals surface area contributed by atoms with E-state index in [1.165, 1.54) is 16.7 Å². The molecule has 0 saturated heterocycles. The number of Topliss-reactive ketones (excluding diaryl/α,β-unsaturated/α-hetero) is 1. The molecule has 0 amide bonds. The maximum atomic E-state index is 12.9. The lowest BCUT2D eigenvalue weighted by atomic mass is 9.85. The minimum atomic E-state index is -0.0631. The van der Waals surface area contributed by atoms with Gasteiger partial charge in [-0.15, -0.1) is 0 Å². The fraction of sp³-hybridized carbons (Fsp3) is 0.316. The van der Waals surface area contributed by atoms with Gasteiger partial charge in [0.2, 0.25) is 0 Å². The number of benzene rings is 2. The smallest absolute Gasteiger partial charge is 0.171 e. The lowest BCUT2D eigenvalue weighted by Crippen LogP contribution is -2.32. The first-order valence-electron chi connectivity index (χ1n) is 7.71. The van der Waals surface area contributed by atoms with Crippen LogP contribution in [0.1, 0.15) is 46.3 Å². The molecule has 1 atom stereocenters. The Morgan fingerprint density at radius 2 is 2.05 bits per heavy atom. The van der Waals surface area contributed by atoms with Crippen LogP contribution in [0.4, 0.5) is 0 Å². The molecule has 2 nitrogen and oxygen atoms in total. The third kappa shape index (κ3) is 2.91. The number of hydrogen-bond donors (Lipinski definition) is 1. The molecule has 1 aliphatic rings. The summed E-state index contributed by atoms with van der Waals surface area (Å²) in [5, 5.41) is 3.36. The van der Waals surface area contributed by atoms with Crippen molar-refractivity contribution in [3.8, 4) is 0 Å². The van der Waals surface area contributed by atoms with Crippen LogP contribution < -0.4 is 5.32 Å². The van der Waals surface area contributed by atoms with Gasteiger partial charge < -0.3 is 5.32 Å². The Morgan fingerprint density at radius 1 is 1.19 bits per heavy atom. The zero-order valence-corrected chi connectivity index (χ0v) is 12.4. The molecule has 1 aliphatic heterocycles. The van der Waals surface area contributed by atoms with Crippen LogP contribution in [0.5, 0.6) is 0 Å². The van der Waals surface area contributed by atoms with Gasteiger partial charge in [0.05, 0.1) is 5.92 Å². The van der Waals surface area contributed by atoms with E-state index in [1.807, 2.05) is 24.3 Å². The molecule has 108 valence electrons. The molecule has 21 heavy (non-hydrogen) atoms. The molecule has 0 saturated carbocycles. The van der Waals surface area contributed by atoms with Gasteiger partial charge in [0, 0.05) is 18.7 Å². The van der Waals surface area contributed by atoms with Crippen LogP contribution in [0.15, 0.2) is 48.5 Å². The summed E-state index contributed by atoms with van der Waals surface area (Å²) in [6, 6.07) is 16.4. The summed E-state index contributed by atoms with van der Waals surface area (Å²) in [5.41, 5.74) is 4.51. The zero-order valence-electron chi connectivity index (χ0n) is 12.4. The summed E-state index contributed by atoms with van der Waals surface area (Å²) >= 11 is 0. The van der Waals surface area contributed by atoms with E-state index in [0.29, 0.717) is 0 Å². The normalized spacial score (nSPS) is 17.3. The van der Waals surface area contributed by atoms with Crippen LogP contribution in [0, 0.1) is 0 Å². The highest BCUT2D eigenvalue weighted by molar-refractivity contribution is 6.01. The Labute approximate surface area is 126 Å². The Kier molecular flexibility index (Phi) is 4.16. The van der Waals surface area contributed by atoms with Crippen LogP contribution in [0.2, 0.25) is 0 Å². The number of carbonyl (C=O) groups is 1. The van der Waals surface area contributed by atoms with Crippen molar-refractivity contribution < 1.29 is 4.79 Å². The van der Waals surface area contributed by atoms with E-state index >= 15 is 0 Å². The maximum absolute atomic E-state index is 12.9. The standard InChI is InChI=1S/C19H21NO/c1-2-6-14-7-5-9-15(11-14)19(21)18-13-20-12-16-8-3-4-10-17(16)18/h3-5,7-11,18,20H,2,6,12-13H2,1H3. The van der Waals surface area contributed by atoms with Crippen LogP contribution in [-0.2, 0) is 13.0 Å². The van der Waals surface area contributed by atoms with Gasteiger partial charge >= 0.3 is 0 Å². The van der Waals surface area contributed by atoms with Crippen molar-refractivity contribution in [3.63, 3.8) is 0 Å². The molecule has 2 heteroatoms. The quantitative estimate of drug-likeness (QED) is 0.864. The molecule has 0 aromatic heterocycles. The van der Waals surface area contributed by atoms with E-state index in [0.717, 1.165) is 31.5 Å². The molecule has 3 rings (SSSR count). The van der Waals surface area contributed by atoms with Crippen molar-refractivity contribution in [2.45, 2.75) is 32.2 Å². The van der Waals surface area contributed by atoms with Gasteiger partial charge in [0.25, 0.3) is 0 Å². The van der Waals surface area contributed by atoms with Crippen LogP contribution >= 0.6 is 0 Å². The third-order valence-corrected chi connectivity index (χ3v) is 4.16. The van der Waals surface area contributed by atoms with Crippen molar-refractivity contribution in [2.75, 3.05) is 6.54 Å². The first kappa shape index (κ1) is 14.0. The Balaban J connectivity index is 1.91. The number of hydrogen-bond acceptors (Lipinski definition) is 2. The molecule has 0 bridgehead atoms. The van der Waals surface area contributed by atoms with E-state index in [9.17, 15) is 4.79 Å². The molecule has 2 aromatic carbocycles. The summed E-state index contributed by atoms with van der Waals surface area (Å²) in [6.45, 7) is 3.75. The van der Waals surface area contributed by atoms with Crippen molar-refractivity contribution in [1.29, 1.82) is 0 Å². The Bertz CT molecular complexity index is 648. The fourth-order valence-corrected chi connectivity index (χ4v) is 3.10. The molecular formula is C19H21NO. The maximum Gasteiger partial charge on any atom is 0.171 e. The van der Waals surface area contributed by atoms with Crippen molar-refractivity contribution >= 4 is 5.78 Å². The summed E-state index contributed by atoms with van der Waals surface area (Å²) in [6.07, 6.45) is 2.13. The number of fused-ring (bicyclic) bond motifs is 1. The van der Waals surface area contributed by atoms with Crippen molar-refractivity contribution in [3.05, 3.63) is 70.8 Å². The average molecular weight is 279 g/mol. The highest BCUT2D eigenvalue weighted by atomic mass is 16.1. The molecule has 1 heterocycles. The van der Waals surface area contributed by atoms with E-state index in [1.54, 1.807) is 0 Å². The van der Waals surface area contributed by atoms with Gasteiger partial charge in [-0.3, -0.25) is 4.79 Å². The topological polar surface area (TPSA) is 29.1 Å². The Morgan fingerprint density at radius 3 is 2.90 bits per heavy atom. The highest BCUT2D eigenvalue weighted by Crippen LogP contribution is 2.27. The minimum absolute atomic E-state index is 0.0631. The Hall–Kier alpha value is -1.93. The lowest BCUT2D eigenvalue weighted by molar-refractivity contribution is 0.0955. The zero-order chi connectivity index (χ0) is 14.7. The summed E-state index contributed by atoms with van der Waals surface area (Å²) < 4.78 is 0. The second-order valence-corrected chi connectivity index (χ2v) is 5.70. The highest BCUT2D eigenvalue weighted by Gasteiger charge is 2.26. The van der Waals surface area contributed by atoms with Crippen LogP contribution in [-0.4, -0.2) is 12.3 Å². The number of rotatable bonds is 4. The molecule has 0 spiro atoms. The van der Waals surface area contributed by atoms with Crippen LogP contribution in [0.3, 0.4) is 0 Å². The van der Waals surface area contributed by atoms with Gasteiger partial charge in [0.15, 0.2) is 5.78 Å². The summed E-state index contributed by atoms with van der Waals surface area (Å²) in [7, 11) is 0. The van der Waals surface area contributed by atoms with Gasteiger partial charge in [-0.2, -0.15) is 0 Å². The van der Waals surface area contributed by atoms with Gasteiger partial charge in [-0.25, -0.2) is 0 Å². The van der Waals surface area contributed by atoms with E-state index in [2.05, 4.69) is 36.5 Å². The second kappa shape index (κ2) is 6.23. The third-order valence-electron chi connectivity index (χ3n) is 4.16. The molecule has 1 N–H and O–H groups in total. The molecule has 0 fully saturated rings. The van der Waals surface area contributed by atoms with Gasteiger partial charge in [-0.1, -0.05) is 55.8 Å². The lowest BCUT2D eigenvalue weighted by Gasteiger charge is -2.25. The van der Waals surface area contributed by atoms with Crippen molar-refractivity contribution in [2.24, 2.45) is 0 Å². The molecule has 0 radical (unpaired) electrons. The summed E-state index contributed by atoms with van der Waals surface area (Å²) in [5.74, 6) is 0.166. The summed E-state index contributed by atoms with van der Waals surface area (Å²) in [4.78, 5) is 12.9. The van der Waals surface area contributed by atoms with E-state index in [4.69, 9.17) is 0 Å². The first-order chi connectivity index (χ1) is 10.3.